The van der Waals surface area contributed by atoms with Crippen LogP contribution in [0.15, 0.2) is 91.0 Å². The number of hydrogen-bond acceptors (Lipinski definition) is 7. The number of methoxy groups -OCH3 is 1. The fraction of sp³-hybridized carbons (Fsp3) is 0.263. The van der Waals surface area contributed by atoms with Gasteiger partial charge in [0.15, 0.2) is 5.78 Å². The van der Waals surface area contributed by atoms with Gasteiger partial charge in [0.05, 0.1) is 24.3 Å². The molecule has 1 unspecified atom stereocenters. The zero-order valence-corrected chi connectivity index (χ0v) is 27.2. The van der Waals surface area contributed by atoms with E-state index >= 15 is 0 Å². The van der Waals surface area contributed by atoms with Crippen molar-refractivity contribution < 1.29 is 34.0 Å². The van der Waals surface area contributed by atoms with Crippen LogP contribution in [-0.2, 0) is 12.8 Å². The number of amides is 2. The highest BCUT2D eigenvalue weighted by Crippen LogP contribution is 2.41. The van der Waals surface area contributed by atoms with Gasteiger partial charge in [-0.05, 0) is 81.8 Å². The molecule has 2 aliphatic heterocycles. The van der Waals surface area contributed by atoms with Crippen molar-refractivity contribution in [1.29, 1.82) is 0 Å². The lowest BCUT2D eigenvalue weighted by Crippen LogP contribution is -2.46. The Morgan fingerprint density at radius 3 is 2.09 bits per heavy atom. The SMILES string of the molecule is COc1c(CC(=O)c2cc3c(cc2O)OC(C)(C)C(O)C3)ccc2c1C=CC(C)(C)O2.O=C(Nc1ccccc1)Nc1ccccc1. The second kappa shape index (κ2) is 13.6. The number of phenolic OH excluding ortho intramolecular Hbond substituents is 1. The molecule has 0 fully saturated rings. The van der Waals surface area contributed by atoms with Gasteiger partial charge in [0.25, 0.3) is 0 Å². The second-order valence-electron chi connectivity index (χ2n) is 12.5. The normalized spacial score (nSPS) is 16.5. The van der Waals surface area contributed by atoms with Crippen molar-refractivity contribution in [1.82, 2.24) is 0 Å². The minimum atomic E-state index is -0.758. The van der Waals surface area contributed by atoms with Crippen LogP contribution in [0.5, 0.6) is 23.0 Å². The summed E-state index contributed by atoms with van der Waals surface area (Å²) in [4.78, 5) is 24.7. The topological polar surface area (TPSA) is 126 Å². The summed E-state index contributed by atoms with van der Waals surface area (Å²) in [6, 6.07) is 25.1. The Labute approximate surface area is 274 Å². The molecular weight excluding hydrogens is 596 g/mol. The number of carbonyl (C=O) groups excluding carboxylic acids is 2. The summed E-state index contributed by atoms with van der Waals surface area (Å²) in [6.07, 6.45) is 3.59. The number of para-hydroxylation sites is 2. The number of aromatic hydroxyl groups is 1. The quantitative estimate of drug-likeness (QED) is 0.162. The lowest BCUT2D eigenvalue weighted by molar-refractivity contribution is -0.0412. The number of hydrogen-bond donors (Lipinski definition) is 4. The van der Waals surface area contributed by atoms with Crippen molar-refractivity contribution in [2.24, 2.45) is 0 Å². The largest absolute Gasteiger partial charge is 0.507 e. The van der Waals surface area contributed by atoms with E-state index in [9.17, 15) is 19.8 Å². The van der Waals surface area contributed by atoms with E-state index in [4.69, 9.17) is 14.2 Å². The molecule has 4 aromatic rings. The zero-order chi connectivity index (χ0) is 33.8. The predicted molar refractivity (Wildman–Crippen MR) is 183 cm³/mol. The Morgan fingerprint density at radius 2 is 1.49 bits per heavy atom. The molecule has 0 aliphatic carbocycles. The molecule has 244 valence electrons. The minimum absolute atomic E-state index is 0.0505. The summed E-state index contributed by atoms with van der Waals surface area (Å²) in [5.74, 6) is 1.37. The Morgan fingerprint density at radius 1 is 0.872 bits per heavy atom. The number of Topliss-reactive ketones (excluding diaryl/α,β-unsaturated/α-hetero) is 1. The first-order valence-electron chi connectivity index (χ1n) is 15.4. The van der Waals surface area contributed by atoms with E-state index in [0.29, 0.717) is 34.8 Å². The third-order valence-corrected chi connectivity index (χ3v) is 7.95. The van der Waals surface area contributed by atoms with Gasteiger partial charge in [-0.2, -0.15) is 0 Å². The van der Waals surface area contributed by atoms with Crippen LogP contribution in [0.4, 0.5) is 16.2 Å². The Balaban J connectivity index is 0.000000227. The molecule has 4 aromatic carbocycles. The van der Waals surface area contributed by atoms with Crippen LogP contribution in [0.1, 0.15) is 54.7 Å². The van der Waals surface area contributed by atoms with Crippen LogP contribution in [0.3, 0.4) is 0 Å². The molecule has 6 rings (SSSR count). The molecule has 47 heavy (non-hydrogen) atoms. The first-order chi connectivity index (χ1) is 22.3. The van der Waals surface area contributed by atoms with Crippen LogP contribution >= 0.6 is 0 Å². The Kier molecular flexibility index (Phi) is 9.58. The molecule has 9 heteroatoms. The van der Waals surface area contributed by atoms with E-state index < -0.39 is 17.3 Å². The summed E-state index contributed by atoms with van der Waals surface area (Å²) < 4.78 is 17.4. The summed E-state index contributed by atoms with van der Waals surface area (Å²) in [5.41, 5.74) is 2.77. The van der Waals surface area contributed by atoms with Crippen LogP contribution in [0.25, 0.3) is 6.08 Å². The molecule has 1 atom stereocenters. The van der Waals surface area contributed by atoms with E-state index in [1.54, 1.807) is 27.0 Å². The van der Waals surface area contributed by atoms with Gasteiger partial charge in [-0.3, -0.25) is 4.79 Å². The lowest BCUT2D eigenvalue weighted by atomic mass is 9.89. The molecule has 2 aliphatic rings. The van der Waals surface area contributed by atoms with Crippen molar-refractivity contribution in [2.75, 3.05) is 17.7 Å². The number of fused-ring (bicyclic) bond motifs is 2. The maximum atomic E-state index is 13.1. The van der Waals surface area contributed by atoms with Gasteiger partial charge in [-0.15, -0.1) is 0 Å². The Hall–Kier alpha value is -5.28. The summed E-state index contributed by atoms with van der Waals surface area (Å²) in [7, 11) is 1.56. The third kappa shape index (κ3) is 7.93. The number of rotatable bonds is 6. The van der Waals surface area contributed by atoms with E-state index in [1.807, 2.05) is 98.8 Å². The second-order valence-corrected chi connectivity index (χ2v) is 12.5. The summed E-state index contributed by atoms with van der Waals surface area (Å²) in [5, 5.41) is 26.3. The van der Waals surface area contributed by atoms with Crippen LogP contribution in [-0.4, -0.2) is 46.4 Å². The van der Waals surface area contributed by atoms with Gasteiger partial charge < -0.3 is 35.1 Å². The van der Waals surface area contributed by atoms with Crippen molar-refractivity contribution >= 4 is 29.3 Å². The number of phenols is 1. The molecule has 2 amide bonds. The first-order valence-corrected chi connectivity index (χ1v) is 15.4. The van der Waals surface area contributed by atoms with Gasteiger partial charge in [0, 0.05) is 35.8 Å². The Bertz CT molecular complexity index is 1740. The highest BCUT2D eigenvalue weighted by Gasteiger charge is 2.36. The highest BCUT2D eigenvalue weighted by molar-refractivity contribution is 6.01. The van der Waals surface area contributed by atoms with Gasteiger partial charge >= 0.3 is 6.03 Å². The van der Waals surface area contributed by atoms with E-state index in [2.05, 4.69) is 10.6 Å². The number of nitrogens with one attached hydrogen (secondary N) is 2. The van der Waals surface area contributed by atoms with Crippen molar-refractivity contribution in [2.45, 2.75) is 57.8 Å². The van der Waals surface area contributed by atoms with Crippen molar-refractivity contribution in [3.8, 4) is 23.0 Å². The van der Waals surface area contributed by atoms with Crippen LogP contribution in [0.2, 0.25) is 0 Å². The number of anilines is 2. The number of carbonyl (C=O) groups is 2. The molecule has 9 nitrogen and oxygen atoms in total. The molecule has 2 heterocycles. The maximum absolute atomic E-state index is 13.1. The third-order valence-electron chi connectivity index (χ3n) is 7.95. The van der Waals surface area contributed by atoms with Gasteiger partial charge in [0.1, 0.15) is 34.2 Å². The fourth-order valence-corrected chi connectivity index (χ4v) is 5.36. The average molecular weight is 637 g/mol. The molecular formula is C38H40N2O7. The summed E-state index contributed by atoms with van der Waals surface area (Å²) >= 11 is 0. The van der Waals surface area contributed by atoms with Gasteiger partial charge in [-0.1, -0.05) is 42.5 Å². The lowest BCUT2D eigenvalue weighted by Gasteiger charge is -2.37. The van der Waals surface area contributed by atoms with E-state index in [-0.39, 0.29) is 29.5 Å². The predicted octanol–water partition coefficient (Wildman–Crippen LogP) is 7.42. The molecule has 0 aromatic heterocycles. The van der Waals surface area contributed by atoms with Gasteiger partial charge in [0.2, 0.25) is 0 Å². The standard InChI is InChI=1S/C25H28O6.C13H12N2O/c1-24(2)9-8-16-20(30-24)7-6-14(23(16)29-5)11-18(26)17-10-15-12-22(28)25(3,4)31-21(15)13-19(17)27;16-13(14-11-7-3-1-4-8-11)15-12-9-5-2-6-10-12/h6-10,13,22,27-28H,11-12H2,1-5H3;1-10H,(H2,14,15,16). The smallest absolute Gasteiger partial charge is 0.323 e. The molecule has 4 N–H and O–H groups in total. The molecule has 0 bridgehead atoms. The van der Waals surface area contributed by atoms with Crippen molar-refractivity contribution in [3.63, 3.8) is 0 Å². The number of ketones is 1. The number of benzene rings is 4. The first kappa shape index (κ1) is 33.1. The fourth-order valence-electron chi connectivity index (χ4n) is 5.36. The van der Waals surface area contributed by atoms with Crippen LogP contribution in [0, 0.1) is 0 Å². The monoisotopic (exact) mass is 636 g/mol. The molecule has 0 radical (unpaired) electrons. The molecule has 0 spiro atoms. The minimum Gasteiger partial charge on any atom is -0.507 e. The number of ether oxygens (including phenoxy) is 3. The van der Waals surface area contributed by atoms with Crippen LogP contribution < -0.4 is 24.8 Å². The molecule has 0 saturated heterocycles. The molecule has 0 saturated carbocycles. The maximum Gasteiger partial charge on any atom is 0.323 e. The number of aliphatic hydroxyl groups is 1. The number of aliphatic hydroxyl groups excluding tert-OH is 1. The van der Waals surface area contributed by atoms with Crippen molar-refractivity contribution in [3.05, 3.63) is 113 Å². The zero-order valence-electron chi connectivity index (χ0n) is 27.2. The number of urea groups is 1. The van der Waals surface area contributed by atoms with E-state index in [1.165, 1.54) is 6.07 Å². The summed E-state index contributed by atoms with van der Waals surface area (Å²) in [6.45, 7) is 7.52. The van der Waals surface area contributed by atoms with Gasteiger partial charge in [-0.25, -0.2) is 4.79 Å². The highest BCUT2D eigenvalue weighted by atomic mass is 16.5. The van der Waals surface area contributed by atoms with E-state index in [0.717, 1.165) is 16.9 Å². The average Bonchev–Trinajstić information content (AvgIpc) is 3.02.